The highest BCUT2D eigenvalue weighted by Gasteiger charge is 2.30. The molecule has 2 nitrogen and oxygen atoms in total. The van der Waals surface area contributed by atoms with Crippen molar-refractivity contribution in [3.05, 3.63) is 137 Å². The van der Waals surface area contributed by atoms with Crippen LogP contribution in [0, 0.1) is 0 Å². The summed E-state index contributed by atoms with van der Waals surface area (Å²) in [6.07, 6.45) is -2.48. The lowest BCUT2D eigenvalue weighted by atomic mass is 9.88. The first-order chi connectivity index (χ1) is 17.9. The molecule has 37 heavy (non-hydrogen) atoms. The molecular weight excluding hydrogens is 471 g/mol. The summed E-state index contributed by atoms with van der Waals surface area (Å²) in [5.74, 6) is 0.977. The van der Waals surface area contributed by atoms with E-state index >= 15 is 0 Å². The smallest absolute Gasteiger partial charge is 0.416 e. The maximum atomic E-state index is 12.9. The second-order valence-corrected chi connectivity index (χ2v) is 9.35. The highest BCUT2D eigenvalue weighted by atomic mass is 19.4. The Bertz CT molecular complexity index is 1180. The topological polar surface area (TPSA) is 21.3 Å². The molecule has 4 aromatic rings. The molecular formula is C32H32F3NO. The van der Waals surface area contributed by atoms with E-state index in [9.17, 15) is 13.2 Å². The summed E-state index contributed by atoms with van der Waals surface area (Å²) in [5, 5.41) is 3.66. The van der Waals surface area contributed by atoms with Crippen LogP contribution in [0.15, 0.2) is 109 Å². The maximum absolute atomic E-state index is 12.9. The van der Waals surface area contributed by atoms with Gasteiger partial charge in [0.1, 0.15) is 12.4 Å². The van der Waals surface area contributed by atoms with Gasteiger partial charge in [0.2, 0.25) is 0 Å². The van der Waals surface area contributed by atoms with E-state index in [2.05, 4.69) is 60.8 Å². The van der Waals surface area contributed by atoms with Gasteiger partial charge in [0.25, 0.3) is 0 Å². The molecule has 0 bridgehead atoms. The van der Waals surface area contributed by atoms with Crippen molar-refractivity contribution in [2.45, 2.75) is 44.5 Å². The van der Waals surface area contributed by atoms with E-state index in [4.69, 9.17) is 4.74 Å². The lowest BCUT2D eigenvalue weighted by molar-refractivity contribution is -0.137. The van der Waals surface area contributed by atoms with Gasteiger partial charge in [-0.05, 0) is 72.8 Å². The molecule has 1 atom stereocenters. The Balaban J connectivity index is 1.26. The van der Waals surface area contributed by atoms with Crippen molar-refractivity contribution in [2.75, 3.05) is 6.54 Å². The third-order valence-corrected chi connectivity index (χ3v) is 6.45. The van der Waals surface area contributed by atoms with Gasteiger partial charge in [-0.2, -0.15) is 13.2 Å². The molecule has 1 unspecified atom stereocenters. The molecule has 0 spiro atoms. The molecule has 0 radical (unpaired) electrons. The number of rotatable bonds is 11. The second-order valence-electron chi connectivity index (χ2n) is 9.35. The van der Waals surface area contributed by atoms with Crippen LogP contribution in [0.25, 0.3) is 0 Å². The van der Waals surface area contributed by atoms with Crippen LogP contribution < -0.4 is 10.1 Å². The summed E-state index contributed by atoms with van der Waals surface area (Å²) < 4.78 is 44.4. The number of hydrogen-bond donors (Lipinski definition) is 1. The highest BCUT2D eigenvalue weighted by Crippen LogP contribution is 2.30. The Labute approximate surface area is 217 Å². The normalized spacial score (nSPS) is 12.5. The van der Waals surface area contributed by atoms with Gasteiger partial charge in [0, 0.05) is 12.0 Å². The van der Waals surface area contributed by atoms with Gasteiger partial charge in [0.05, 0.1) is 5.56 Å². The summed E-state index contributed by atoms with van der Waals surface area (Å²) in [7, 11) is 0. The average molecular weight is 504 g/mol. The summed E-state index contributed by atoms with van der Waals surface area (Å²) in [6, 6.07) is 34.5. The van der Waals surface area contributed by atoms with Gasteiger partial charge in [-0.25, -0.2) is 0 Å². The van der Waals surface area contributed by atoms with Gasteiger partial charge < -0.3 is 10.1 Å². The Morgan fingerprint density at radius 1 is 0.730 bits per heavy atom. The molecule has 0 saturated heterocycles. The summed E-state index contributed by atoms with van der Waals surface area (Å²) in [4.78, 5) is 0. The molecule has 5 heteroatoms. The van der Waals surface area contributed by atoms with Gasteiger partial charge in [0.15, 0.2) is 0 Å². The molecule has 0 aliphatic heterocycles. The van der Waals surface area contributed by atoms with Crippen molar-refractivity contribution < 1.29 is 17.9 Å². The van der Waals surface area contributed by atoms with Crippen LogP contribution in [-0.4, -0.2) is 12.6 Å². The van der Waals surface area contributed by atoms with Gasteiger partial charge in [-0.3, -0.25) is 0 Å². The highest BCUT2D eigenvalue weighted by molar-refractivity contribution is 5.32. The van der Waals surface area contributed by atoms with Crippen LogP contribution in [0.3, 0.4) is 0 Å². The van der Waals surface area contributed by atoms with Crippen molar-refractivity contribution in [3.8, 4) is 5.75 Å². The molecule has 192 valence electrons. The fourth-order valence-corrected chi connectivity index (χ4v) is 4.52. The lowest BCUT2D eigenvalue weighted by Gasteiger charge is -2.20. The molecule has 0 amide bonds. The minimum atomic E-state index is -4.35. The minimum absolute atomic E-state index is 0.0885. The van der Waals surface area contributed by atoms with Crippen molar-refractivity contribution in [3.63, 3.8) is 0 Å². The van der Waals surface area contributed by atoms with Crippen LogP contribution in [0.2, 0.25) is 0 Å². The van der Waals surface area contributed by atoms with Crippen molar-refractivity contribution in [2.24, 2.45) is 0 Å². The Morgan fingerprint density at radius 3 is 1.95 bits per heavy atom. The van der Waals surface area contributed by atoms with Gasteiger partial charge in [-0.15, -0.1) is 0 Å². The molecule has 1 N–H and O–H groups in total. The van der Waals surface area contributed by atoms with Crippen LogP contribution in [0.4, 0.5) is 13.2 Å². The van der Waals surface area contributed by atoms with Crippen LogP contribution in [0.1, 0.15) is 47.1 Å². The molecule has 0 aliphatic carbocycles. The van der Waals surface area contributed by atoms with E-state index in [0.29, 0.717) is 23.3 Å². The molecule has 0 heterocycles. The number of alkyl halides is 3. The molecule has 4 aromatic carbocycles. The van der Waals surface area contributed by atoms with Crippen molar-refractivity contribution in [1.29, 1.82) is 0 Å². The first kappa shape index (κ1) is 26.5. The SMILES string of the molecule is CC(Cc1ccc(OCc2cccc(C(F)(F)F)c2)cc1)NCCC(c1ccccc1)c1ccccc1. The van der Waals surface area contributed by atoms with E-state index in [1.54, 1.807) is 6.07 Å². The fourth-order valence-electron chi connectivity index (χ4n) is 4.52. The predicted octanol–water partition coefficient (Wildman–Crippen LogP) is 8.03. The van der Waals surface area contributed by atoms with Crippen molar-refractivity contribution in [1.82, 2.24) is 5.32 Å². The molecule has 0 saturated carbocycles. The van der Waals surface area contributed by atoms with E-state index in [1.807, 2.05) is 36.4 Å². The van der Waals surface area contributed by atoms with E-state index in [-0.39, 0.29) is 6.61 Å². The zero-order valence-corrected chi connectivity index (χ0v) is 20.9. The first-order valence-corrected chi connectivity index (χ1v) is 12.6. The van der Waals surface area contributed by atoms with Crippen molar-refractivity contribution >= 4 is 0 Å². The number of halogens is 3. The molecule has 4 rings (SSSR count). The zero-order chi connectivity index (χ0) is 26.1. The number of hydrogen-bond acceptors (Lipinski definition) is 2. The van der Waals surface area contributed by atoms with E-state index in [0.717, 1.165) is 31.5 Å². The summed E-state index contributed by atoms with van der Waals surface area (Å²) >= 11 is 0. The monoisotopic (exact) mass is 503 g/mol. The zero-order valence-electron chi connectivity index (χ0n) is 20.9. The molecule has 0 aliphatic rings. The summed E-state index contributed by atoms with van der Waals surface area (Å²) in [5.41, 5.74) is 3.65. The van der Waals surface area contributed by atoms with Gasteiger partial charge >= 0.3 is 6.18 Å². The van der Waals surface area contributed by atoms with Crippen LogP contribution in [0.5, 0.6) is 5.75 Å². The Morgan fingerprint density at radius 2 is 1.35 bits per heavy atom. The third kappa shape index (κ3) is 7.96. The lowest BCUT2D eigenvalue weighted by Crippen LogP contribution is -2.30. The minimum Gasteiger partial charge on any atom is -0.489 e. The quantitative estimate of drug-likeness (QED) is 0.224. The molecule has 0 fully saturated rings. The predicted molar refractivity (Wildman–Crippen MR) is 143 cm³/mol. The maximum Gasteiger partial charge on any atom is 0.416 e. The van der Waals surface area contributed by atoms with Crippen LogP contribution in [-0.2, 0) is 19.2 Å². The van der Waals surface area contributed by atoms with E-state index in [1.165, 1.54) is 22.8 Å². The average Bonchev–Trinajstić information content (AvgIpc) is 2.91. The van der Waals surface area contributed by atoms with E-state index < -0.39 is 11.7 Å². The number of ether oxygens (including phenoxy) is 1. The third-order valence-electron chi connectivity index (χ3n) is 6.45. The Hall–Kier alpha value is -3.57. The number of nitrogens with one attached hydrogen (secondary N) is 1. The second kappa shape index (κ2) is 12.6. The van der Waals surface area contributed by atoms with Crippen LogP contribution >= 0.6 is 0 Å². The number of benzene rings is 4. The summed E-state index contributed by atoms with van der Waals surface area (Å²) in [6.45, 7) is 3.16. The Kier molecular flexibility index (Phi) is 9.02. The standard InChI is InChI=1S/C32H32F3NO/c1-24(36-20-19-31(27-10-4-2-5-11-27)28-12-6-3-7-13-28)21-25-15-17-30(18-16-25)37-23-26-9-8-14-29(22-26)32(33,34)35/h2-18,22,24,31,36H,19-21,23H2,1H3. The largest absolute Gasteiger partial charge is 0.489 e. The first-order valence-electron chi connectivity index (χ1n) is 12.6. The fraction of sp³-hybridized carbons (Fsp3) is 0.250. The molecule has 0 aromatic heterocycles. The van der Waals surface area contributed by atoms with Gasteiger partial charge in [-0.1, -0.05) is 84.9 Å².